The van der Waals surface area contributed by atoms with E-state index in [1.807, 2.05) is 18.2 Å². The molecule has 0 saturated heterocycles. The Hall–Kier alpha value is -2.69. The highest BCUT2D eigenvalue weighted by molar-refractivity contribution is 6.04. The van der Waals surface area contributed by atoms with Gasteiger partial charge in [0.25, 0.3) is 0 Å². The van der Waals surface area contributed by atoms with Crippen molar-refractivity contribution in [3.05, 3.63) is 59.4 Å². The molecule has 106 valence electrons. The molecule has 0 bridgehead atoms. The minimum Gasteiger partial charge on any atom is -0.496 e. The summed E-state index contributed by atoms with van der Waals surface area (Å²) < 4.78 is 5.34. The van der Waals surface area contributed by atoms with Crippen LogP contribution in [0.1, 0.15) is 34.0 Å². The molecule has 5 nitrogen and oxygen atoms in total. The molecule has 1 aromatic heterocycles. The number of aromatic nitrogens is 1. The fraction of sp³-hybridized carbons (Fsp3) is 0.188. The van der Waals surface area contributed by atoms with Gasteiger partial charge in [0.05, 0.1) is 12.8 Å². The van der Waals surface area contributed by atoms with Crippen LogP contribution in [0.3, 0.4) is 0 Å². The Balaban J connectivity index is 1.85. The Bertz CT molecular complexity index is 683. The lowest BCUT2D eigenvalue weighted by molar-refractivity contribution is 0.0857. The lowest BCUT2D eigenvalue weighted by Crippen LogP contribution is -2.04. The number of pyridine rings is 1. The molecule has 2 aromatic rings. The molecule has 1 unspecified atom stereocenters. The summed E-state index contributed by atoms with van der Waals surface area (Å²) in [6, 6.07) is 9.10. The largest absolute Gasteiger partial charge is 0.496 e. The quantitative estimate of drug-likeness (QED) is 0.809. The van der Waals surface area contributed by atoms with Gasteiger partial charge in [-0.2, -0.15) is 0 Å². The molecule has 1 atom stereocenters. The van der Waals surface area contributed by atoms with Crippen LogP contribution in [-0.4, -0.2) is 24.1 Å². The number of rotatable bonds is 4. The van der Waals surface area contributed by atoms with Gasteiger partial charge >= 0.3 is 0 Å². The van der Waals surface area contributed by atoms with E-state index in [0.29, 0.717) is 17.7 Å². The maximum Gasteiger partial charge on any atom is 0.158 e. The predicted octanol–water partition coefficient (Wildman–Crippen LogP) is 2.77. The maximum atomic E-state index is 10.8. The number of hydrogen-bond donors (Lipinski definition) is 0. The minimum atomic E-state index is -0.113. The van der Waals surface area contributed by atoms with Crippen LogP contribution >= 0.6 is 0 Å². The van der Waals surface area contributed by atoms with Crippen molar-refractivity contribution in [3.63, 3.8) is 0 Å². The number of methoxy groups -OCH3 is 1. The Morgan fingerprint density at radius 3 is 2.81 bits per heavy atom. The first-order valence-corrected chi connectivity index (χ1v) is 6.58. The summed E-state index contributed by atoms with van der Waals surface area (Å²) in [7, 11) is 1.57. The van der Waals surface area contributed by atoms with Crippen LogP contribution in [-0.2, 0) is 4.84 Å². The first-order chi connectivity index (χ1) is 10.3. The summed E-state index contributed by atoms with van der Waals surface area (Å²) in [6.45, 7) is 0. The van der Waals surface area contributed by atoms with Crippen molar-refractivity contribution >= 4 is 12.0 Å². The molecule has 0 aliphatic carbocycles. The molecule has 1 aliphatic heterocycles. The molecule has 0 amide bonds. The molecule has 1 aromatic carbocycles. The molecule has 3 rings (SSSR count). The summed E-state index contributed by atoms with van der Waals surface area (Å²) in [5.74, 6) is 0.623. The summed E-state index contributed by atoms with van der Waals surface area (Å²) in [5, 5.41) is 4.16. The number of aldehydes is 1. The first kappa shape index (κ1) is 13.3. The number of oxime groups is 1. The highest BCUT2D eigenvalue weighted by Crippen LogP contribution is 2.32. The van der Waals surface area contributed by atoms with E-state index in [1.54, 1.807) is 31.6 Å². The smallest absolute Gasteiger partial charge is 0.158 e. The molecule has 0 N–H and O–H groups in total. The van der Waals surface area contributed by atoms with Crippen LogP contribution in [0.4, 0.5) is 0 Å². The van der Waals surface area contributed by atoms with Gasteiger partial charge in [0.15, 0.2) is 6.10 Å². The second kappa shape index (κ2) is 5.75. The Morgan fingerprint density at radius 1 is 1.29 bits per heavy atom. The molecule has 0 saturated carbocycles. The average molecular weight is 282 g/mol. The van der Waals surface area contributed by atoms with Gasteiger partial charge < -0.3 is 9.57 Å². The number of nitrogens with zero attached hydrogens (tertiary/aromatic N) is 2. The van der Waals surface area contributed by atoms with Gasteiger partial charge in [-0.25, -0.2) is 0 Å². The first-order valence-electron chi connectivity index (χ1n) is 6.58. The van der Waals surface area contributed by atoms with Gasteiger partial charge in [0.2, 0.25) is 0 Å². The summed E-state index contributed by atoms with van der Waals surface area (Å²) in [6.07, 6.45) is 4.80. The molecule has 2 heterocycles. The van der Waals surface area contributed by atoms with Gasteiger partial charge in [0, 0.05) is 29.9 Å². The SMILES string of the molecule is COc1cc(C=O)ccc1C1=NOC(c2ccncc2)C1. The summed E-state index contributed by atoms with van der Waals surface area (Å²) in [4.78, 5) is 20.3. The van der Waals surface area contributed by atoms with Crippen molar-refractivity contribution in [2.75, 3.05) is 7.11 Å². The van der Waals surface area contributed by atoms with Crippen molar-refractivity contribution in [1.29, 1.82) is 0 Å². The zero-order valence-electron chi connectivity index (χ0n) is 11.5. The molecule has 0 spiro atoms. The third-order valence-electron chi connectivity index (χ3n) is 3.42. The van der Waals surface area contributed by atoms with Crippen LogP contribution < -0.4 is 4.74 Å². The van der Waals surface area contributed by atoms with Crippen molar-refractivity contribution < 1.29 is 14.4 Å². The molecular weight excluding hydrogens is 268 g/mol. The zero-order valence-corrected chi connectivity index (χ0v) is 11.5. The Morgan fingerprint density at radius 2 is 2.10 bits per heavy atom. The topological polar surface area (TPSA) is 60.8 Å². The van der Waals surface area contributed by atoms with Crippen molar-refractivity contribution in [2.45, 2.75) is 12.5 Å². The van der Waals surface area contributed by atoms with E-state index in [0.717, 1.165) is 23.1 Å². The van der Waals surface area contributed by atoms with Gasteiger partial charge in [-0.1, -0.05) is 11.2 Å². The lowest BCUT2D eigenvalue weighted by atomic mass is 9.99. The number of ether oxygens (including phenoxy) is 1. The highest BCUT2D eigenvalue weighted by Gasteiger charge is 2.25. The van der Waals surface area contributed by atoms with Gasteiger partial charge in [-0.15, -0.1) is 0 Å². The number of carbonyl (C=O) groups excluding carboxylic acids is 1. The van der Waals surface area contributed by atoms with Crippen LogP contribution in [0, 0.1) is 0 Å². The van der Waals surface area contributed by atoms with Crippen molar-refractivity contribution in [1.82, 2.24) is 4.98 Å². The lowest BCUT2D eigenvalue weighted by Gasteiger charge is -2.09. The third-order valence-corrected chi connectivity index (χ3v) is 3.42. The van der Waals surface area contributed by atoms with E-state index in [-0.39, 0.29) is 6.10 Å². The van der Waals surface area contributed by atoms with E-state index in [4.69, 9.17) is 9.57 Å². The fourth-order valence-electron chi connectivity index (χ4n) is 2.31. The number of benzene rings is 1. The summed E-state index contributed by atoms with van der Waals surface area (Å²) >= 11 is 0. The maximum absolute atomic E-state index is 10.8. The van der Waals surface area contributed by atoms with Crippen LogP contribution in [0.5, 0.6) is 5.75 Å². The highest BCUT2D eigenvalue weighted by atomic mass is 16.6. The van der Waals surface area contributed by atoms with Crippen molar-refractivity contribution in [2.24, 2.45) is 5.16 Å². The second-order valence-electron chi connectivity index (χ2n) is 4.69. The van der Waals surface area contributed by atoms with Gasteiger partial charge in [-0.05, 0) is 29.8 Å². The monoisotopic (exact) mass is 282 g/mol. The molecule has 5 heteroatoms. The summed E-state index contributed by atoms with van der Waals surface area (Å²) in [5.41, 5.74) is 3.26. The Kier molecular flexibility index (Phi) is 3.64. The van der Waals surface area contributed by atoms with Crippen LogP contribution in [0.15, 0.2) is 47.9 Å². The third kappa shape index (κ3) is 2.63. The molecule has 21 heavy (non-hydrogen) atoms. The standard InChI is InChI=1S/C16H14N2O3/c1-20-16-8-11(10-19)2-3-13(16)14-9-15(21-18-14)12-4-6-17-7-5-12/h2-8,10,15H,9H2,1H3. The zero-order chi connectivity index (χ0) is 14.7. The van der Waals surface area contributed by atoms with Crippen LogP contribution in [0.2, 0.25) is 0 Å². The molecule has 0 radical (unpaired) electrons. The van der Waals surface area contributed by atoms with Gasteiger partial charge in [-0.3, -0.25) is 9.78 Å². The van der Waals surface area contributed by atoms with E-state index in [1.165, 1.54) is 0 Å². The molecular formula is C16H14N2O3. The van der Waals surface area contributed by atoms with E-state index >= 15 is 0 Å². The van der Waals surface area contributed by atoms with Crippen molar-refractivity contribution in [3.8, 4) is 5.75 Å². The number of carbonyl (C=O) groups is 1. The van der Waals surface area contributed by atoms with Crippen LogP contribution in [0.25, 0.3) is 0 Å². The Labute approximate surface area is 122 Å². The second-order valence-corrected chi connectivity index (χ2v) is 4.69. The van der Waals surface area contributed by atoms with E-state index < -0.39 is 0 Å². The van der Waals surface area contributed by atoms with E-state index in [2.05, 4.69) is 10.1 Å². The fourth-order valence-corrected chi connectivity index (χ4v) is 2.31. The van der Waals surface area contributed by atoms with E-state index in [9.17, 15) is 4.79 Å². The number of hydrogen-bond acceptors (Lipinski definition) is 5. The minimum absolute atomic E-state index is 0.113. The molecule has 1 aliphatic rings. The molecule has 0 fully saturated rings. The van der Waals surface area contributed by atoms with Gasteiger partial charge in [0.1, 0.15) is 12.0 Å². The normalized spacial score (nSPS) is 17.0. The average Bonchev–Trinajstić information content (AvgIpc) is 3.04. The predicted molar refractivity (Wildman–Crippen MR) is 77.6 cm³/mol.